The van der Waals surface area contributed by atoms with Crippen LogP contribution in [0.1, 0.15) is 54.8 Å². The van der Waals surface area contributed by atoms with Crippen molar-refractivity contribution in [1.29, 1.82) is 0 Å². The van der Waals surface area contributed by atoms with Crippen LogP contribution in [0.5, 0.6) is 0 Å². The van der Waals surface area contributed by atoms with Gasteiger partial charge in [0.2, 0.25) is 0 Å². The van der Waals surface area contributed by atoms with E-state index in [1.165, 1.54) is 16.7 Å². The van der Waals surface area contributed by atoms with Gasteiger partial charge in [-0.1, -0.05) is 25.1 Å². The van der Waals surface area contributed by atoms with Gasteiger partial charge in [-0.15, -0.1) is 0 Å². The molecule has 1 heterocycles. The molecule has 21 heavy (non-hydrogen) atoms. The molecule has 1 aliphatic carbocycles. The first-order valence-electron chi connectivity index (χ1n) is 7.99. The highest BCUT2D eigenvalue weighted by Gasteiger charge is 2.30. The van der Waals surface area contributed by atoms with E-state index >= 15 is 0 Å². The third kappa shape index (κ3) is 3.16. The average Bonchev–Trinajstić information content (AvgIpc) is 2.76. The topological polar surface area (TPSA) is 46.2 Å². The minimum atomic E-state index is -2.74. The maximum absolute atomic E-state index is 11.5. The predicted octanol–water partition coefficient (Wildman–Crippen LogP) is 2.96. The molecule has 1 fully saturated rings. The molecule has 0 aromatic heterocycles. The highest BCUT2D eigenvalue weighted by atomic mass is 32.2. The summed E-state index contributed by atoms with van der Waals surface area (Å²) in [6.45, 7) is 5.45. The zero-order valence-corrected chi connectivity index (χ0v) is 13.7. The second-order valence-corrected chi connectivity index (χ2v) is 9.07. The fourth-order valence-electron chi connectivity index (χ4n) is 3.92. The van der Waals surface area contributed by atoms with Gasteiger partial charge < -0.3 is 5.32 Å². The second-order valence-electron chi connectivity index (χ2n) is 6.77. The third-order valence-electron chi connectivity index (χ3n) is 5.14. The first kappa shape index (κ1) is 15.0. The zero-order valence-electron chi connectivity index (χ0n) is 12.9. The fourth-order valence-corrected chi connectivity index (χ4v) is 5.51. The highest BCUT2D eigenvalue weighted by molar-refractivity contribution is 7.91. The number of aryl methyl sites for hydroxylation is 1. The Morgan fingerprint density at radius 3 is 2.67 bits per heavy atom. The van der Waals surface area contributed by atoms with Crippen LogP contribution in [0.4, 0.5) is 0 Å². The molecule has 2 atom stereocenters. The molecule has 0 bridgehead atoms. The van der Waals surface area contributed by atoms with E-state index in [1.807, 2.05) is 0 Å². The predicted molar refractivity (Wildman–Crippen MR) is 86.3 cm³/mol. The van der Waals surface area contributed by atoms with E-state index in [4.69, 9.17) is 0 Å². The molecule has 1 aromatic carbocycles. The van der Waals surface area contributed by atoms with Crippen molar-refractivity contribution in [2.45, 2.75) is 45.1 Å². The van der Waals surface area contributed by atoms with Crippen LogP contribution in [0.15, 0.2) is 18.2 Å². The van der Waals surface area contributed by atoms with Crippen LogP contribution >= 0.6 is 0 Å². The van der Waals surface area contributed by atoms with Crippen molar-refractivity contribution in [2.75, 3.05) is 18.1 Å². The van der Waals surface area contributed by atoms with Crippen LogP contribution in [0.25, 0.3) is 0 Å². The summed E-state index contributed by atoms with van der Waals surface area (Å²) in [7, 11) is -2.74. The third-order valence-corrected chi connectivity index (χ3v) is 6.86. The van der Waals surface area contributed by atoms with E-state index in [0.29, 0.717) is 29.4 Å². The monoisotopic (exact) mass is 307 g/mol. The van der Waals surface area contributed by atoms with E-state index in [1.54, 1.807) is 0 Å². The van der Waals surface area contributed by atoms with E-state index in [9.17, 15) is 8.42 Å². The average molecular weight is 307 g/mol. The van der Waals surface area contributed by atoms with Crippen molar-refractivity contribution in [3.8, 4) is 0 Å². The molecule has 1 N–H and O–H groups in total. The number of fused-ring (bicyclic) bond motifs is 1. The molecule has 1 aromatic rings. The minimum absolute atomic E-state index is 0.371. The lowest BCUT2D eigenvalue weighted by Gasteiger charge is -2.24. The van der Waals surface area contributed by atoms with Gasteiger partial charge in [-0.2, -0.15) is 0 Å². The first-order valence-corrected chi connectivity index (χ1v) is 9.81. The van der Waals surface area contributed by atoms with Gasteiger partial charge >= 0.3 is 0 Å². The molecule has 1 saturated heterocycles. The summed E-state index contributed by atoms with van der Waals surface area (Å²) in [6, 6.07) is 7.03. The van der Waals surface area contributed by atoms with Crippen molar-refractivity contribution >= 4 is 9.84 Å². The molecule has 0 saturated carbocycles. The molecular weight excluding hydrogens is 282 g/mol. The normalized spacial score (nSPS) is 28.5. The Labute approximate surface area is 128 Å². The van der Waals surface area contributed by atoms with Crippen LogP contribution in [0, 0.1) is 12.8 Å². The van der Waals surface area contributed by atoms with Crippen molar-refractivity contribution < 1.29 is 8.42 Å². The molecule has 0 amide bonds. The quantitative estimate of drug-likeness (QED) is 0.934. The van der Waals surface area contributed by atoms with E-state index in [-0.39, 0.29) is 0 Å². The standard InChI is InChI=1S/C17H25NO2S/c1-12-4-3-5-15-16(10-13(2)17(12)15)18-11-14-6-8-21(19,20)9-7-14/h3-5,13-14,16,18H,6-11H2,1-2H3/t13-,16-/m1/s1. The number of rotatable bonds is 3. The minimum Gasteiger partial charge on any atom is -0.310 e. The number of hydrogen-bond acceptors (Lipinski definition) is 3. The van der Waals surface area contributed by atoms with Gasteiger partial charge in [0.25, 0.3) is 0 Å². The second kappa shape index (κ2) is 5.73. The van der Waals surface area contributed by atoms with Gasteiger partial charge in [-0.3, -0.25) is 0 Å². The summed E-state index contributed by atoms with van der Waals surface area (Å²) >= 11 is 0. The molecule has 0 radical (unpaired) electrons. The van der Waals surface area contributed by atoms with E-state index in [0.717, 1.165) is 25.8 Å². The molecular formula is C17H25NO2S. The zero-order chi connectivity index (χ0) is 15.0. The van der Waals surface area contributed by atoms with Gasteiger partial charge in [-0.25, -0.2) is 8.42 Å². The fraction of sp³-hybridized carbons (Fsp3) is 0.647. The Hall–Kier alpha value is -0.870. The number of sulfone groups is 1. The van der Waals surface area contributed by atoms with E-state index < -0.39 is 9.84 Å². The molecule has 0 spiro atoms. The summed E-state index contributed by atoms with van der Waals surface area (Å²) < 4.78 is 23.0. The smallest absolute Gasteiger partial charge is 0.150 e. The Kier molecular flexibility index (Phi) is 4.10. The molecule has 1 aliphatic heterocycles. The van der Waals surface area contributed by atoms with Gasteiger partial charge in [-0.05, 0) is 61.3 Å². The Morgan fingerprint density at radius 2 is 1.95 bits per heavy atom. The summed E-state index contributed by atoms with van der Waals surface area (Å²) in [4.78, 5) is 0. The Bertz CT molecular complexity index is 610. The molecule has 116 valence electrons. The lowest BCUT2D eigenvalue weighted by molar-refractivity contribution is 0.395. The van der Waals surface area contributed by atoms with Crippen LogP contribution in [-0.2, 0) is 9.84 Å². The van der Waals surface area contributed by atoms with Gasteiger partial charge in [0.05, 0.1) is 11.5 Å². The van der Waals surface area contributed by atoms with Gasteiger partial charge in [0.15, 0.2) is 0 Å². The molecule has 3 rings (SSSR count). The number of hydrogen-bond donors (Lipinski definition) is 1. The van der Waals surface area contributed by atoms with Gasteiger partial charge in [0, 0.05) is 6.04 Å². The Balaban J connectivity index is 1.62. The largest absolute Gasteiger partial charge is 0.310 e. The summed E-state index contributed by atoms with van der Waals surface area (Å²) in [6.07, 6.45) is 2.79. The molecule has 4 heteroatoms. The van der Waals surface area contributed by atoms with Crippen molar-refractivity contribution in [3.05, 3.63) is 34.9 Å². The number of benzene rings is 1. The Morgan fingerprint density at radius 1 is 1.24 bits per heavy atom. The van der Waals surface area contributed by atoms with Crippen LogP contribution < -0.4 is 5.32 Å². The molecule has 0 unspecified atom stereocenters. The lowest BCUT2D eigenvalue weighted by Crippen LogP contribution is -2.32. The van der Waals surface area contributed by atoms with Gasteiger partial charge in [0.1, 0.15) is 9.84 Å². The van der Waals surface area contributed by atoms with Crippen molar-refractivity contribution in [2.24, 2.45) is 5.92 Å². The summed E-state index contributed by atoms with van der Waals surface area (Å²) in [5.41, 5.74) is 4.36. The van der Waals surface area contributed by atoms with Crippen LogP contribution in [-0.4, -0.2) is 26.5 Å². The van der Waals surface area contributed by atoms with Crippen molar-refractivity contribution in [3.63, 3.8) is 0 Å². The molecule has 3 nitrogen and oxygen atoms in total. The number of nitrogens with one attached hydrogen (secondary N) is 1. The maximum atomic E-state index is 11.5. The first-order chi connectivity index (χ1) is 9.96. The SMILES string of the molecule is Cc1cccc2c1[C@H](C)C[C@H]2NCC1CCS(=O)(=O)CC1. The van der Waals surface area contributed by atoms with Crippen LogP contribution in [0.2, 0.25) is 0 Å². The van der Waals surface area contributed by atoms with Crippen LogP contribution in [0.3, 0.4) is 0 Å². The lowest BCUT2D eigenvalue weighted by atomic mass is 9.98. The maximum Gasteiger partial charge on any atom is 0.150 e. The highest BCUT2D eigenvalue weighted by Crippen LogP contribution is 2.41. The molecule has 2 aliphatic rings. The van der Waals surface area contributed by atoms with Crippen molar-refractivity contribution in [1.82, 2.24) is 5.32 Å². The summed E-state index contributed by atoms with van der Waals surface area (Å²) in [5.74, 6) is 1.87. The summed E-state index contributed by atoms with van der Waals surface area (Å²) in [5, 5.41) is 3.70. The van der Waals surface area contributed by atoms with E-state index in [2.05, 4.69) is 37.4 Å².